The average molecular weight is 273 g/mol. The Kier molecular flexibility index (Phi) is 2.94. The standard InChI is InChI=1S/C13H15N5S/c1-4-14-13-15-11(18-6-5-8(2)17-18)10-7-9(3)19-12(10)16-13/h5-7H,4H2,1-3H3,(H,14,15,16). The molecule has 0 aromatic carbocycles. The molecule has 0 radical (unpaired) electrons. The second-order valence-electron chi connectivity index (χ2n) is 4.38. The number of fused-ring (bicyclic) bond motifs is 1. The molecule has 0 aliphatic carbocycles. The van der Waals surface area contributed by atoms with Gasteiger partial charge in [-0.1, -0.05) is 0 Å². The molecule has 3 rings (SSSR count). The summed E-state index contributed by atoms with van der Waals surface area (Å²) in [5.41, 5.74) is 0.976. The average Bonchev–Trinajstić information content (AvgIpc) is 2.93. The van der Waals surface area contributed by atoms with E-state index >= 15 is 0 Å². The van der Waals surface area contributed by atoms with Gasteiger partial charge in [0.2, 0.25) is 5.95 Å². The minimum absolute atomic E-state index is 0.653. The topological polar surface area (TPSA) is 55.6 Å². The summed E-state index contributed by atoms with van der Waals surface area (Å²) in [7, 11) is 0. The van der Waals surface area contributed by atoms with E-state index in [-0.39, 0.29) is 0 Å². The Morgan fingerprint density at radius 2 is 2.16 bits per heavy atom. The molecule has 3 aromatic rings. The highest BCUT2D eigenvalue weighted by Gasteiger charge is 2.12. The van der Waals surface area contributed by atoms with Crippen LogP contribution in [0, 0.1) is 13.8 Å². The van der Waals surface area contributed by atoms with Crippen molar-refractivity contribution in [3.63, 3.8) is 0 Å². The highest BCUT2D eigenvalue weighted by Crippen LogP contribution is 2.28. The molecular weight excluding hydrogens is 258 g/mol. The summed E-state index contributed by atoms with van der Waals surface area (Å²) < 4.78 is 1.81. The normalized spacial score (nSPS) is 11.1. The highest BCUT2D eigenvalue weighted by molar-refractivity contribution is 7.18. The smallest absolute Gasteiger partial charge is 0.226 e. The zero-order valence-electron chi connectivity index (χ0n) is 11.1. The van der Waals surface area contributed by atoms with Gasteiger partial charge in [-0.05, 0) is 32.9 Å². The Hall–Kier alpha value is -1.95. The van der Waals surface area contributed by atoms with E-state index in [9.17, 15) is 0 Å². The second-order valence-corrected chi connectivity index (χ2v) is 5.61. The van der Waals surface area contributed by atoms with Gasteiger partial charge in [0, 0.05) is 17.6 Å². The van der Waals surface area contributed by atoms with Crippen molar-refractivity contribution in [3.05, 3.63) is 28.9 Å². The quantitative estimate of drug-likeness (QED) is 0.797. The van der Waals surface area contributed by atoms with Crippen LogP contribution in [-0.4, -0.2) is 26.3 Å². The monoisotopic (exact) mass is 273 g/mol. The van der Waals surface area contributed by atoms with Crippen molar-refractivity contribution in [3.8, 4) is 5.82 Å². The summed E-state index contributed by atoms with van der Waals surface area (Å²) in [6, 6.07) is 4.09. The first-order valence-corrected chi connectivity index (χ1v) is 7.03. The second kappa shape index (κ2) is 4.62. The molecule has 19 heavy (non-hydrogen) atoms. The molecule has 0 spiro atoms. The number of hydrogen-bond donors (Lipinski definition) is 1. The molecule has 0 saturated carbocycles. The fourth-order valence-electron chi connectivity index (χ4n) is 1.97. The SMILES string of the molecule is CCNc1nc(-n2ccc(C)n2)c2cc(C)sc2n1. The predicted octanol–water partition coefficient (Wildman–Crippen LogP) is 2.93. The van der Waals surface area contributed by atoms with Gasteiger partial charge in [-0.2, -0.15) is 10.1 Å². The van der Waals surface area contributed by atoms with Crippen LogP contribution in [0.5, 0.6) is 0 Å². The van der Waals surface area contributed by atoms with Crippen molar-refractivity contribution in [1.29, 1.82) is 0 Å². The number of hydrogen-bond acceptors (Lipinski definition) is 5. The van der Waals surface area contributed by atoms with Gasteiger partial charge in [0.15, 0.2) is 5.82 Å². The lowest BCUT2D eigenvalue weighted by atomic mass is 10.3. The van der Waals surface area contributed by atoms with Gasteiger partial charge in [0.25, 0.3) is 0 Å². The Labute approximate surface area is 115 Å². The summed E-state index contributed by atoms with van der Waals surface area (Å²) in [6.45, 7) is 6.88. The summed E-state index contributed by atoms with van der Waals surface area (Å²) in [5.74, 6) is 1.48. The molecule has 98 valence electrons. The van der Waals surface area contributed by atoms with Crippen molar-refractivity contribution >= 4 is 27.5 Å². The van der Waals surface area contributed by atoms with Crippen LogP contribution in [0.1, 0.15) is 17.5 Å². The van der Waals surface area contributed by atoms with Crippen LogP contribution in [0.4, 0.5) is 5.95 Å². The van der Waals surface area contributed by atoms with Crippen molar-refractivity contribution in [1.82, 2.24) is 19.7 Å². The third-order valence-electron chi connectivity index (χ3n) is 2.77. The Morgan fingerprint density at radius 1 is 1.32 bits per heavy atom. The van der Waals surface area contributed by atoms with Crippen LogP contribution in [0.15, 0.2) is 18.3 Å². The third kappa shape index (κ3) is 2.19. The third-order valence-corrected chi connectivity index (χ3v) is 3.71. The molecule has 0 aliphatic heterocycles. The largest absolute Gasteiger partial charge is 0.354 e. The van der Waals surface area contributed by atoms with Crippen molar-refractivity contribution in [2.75, 3.05) is 11.9 Å². The fraction of sp³-hybridized carbons (Fsp3) is 0.308. The van der Waals surface area contributed by atoms with Crippen LogP contribution in [0.3, 0.4) is 0 Å². The van der Waals surface area contributed by atoms with E-state index in [1.165, 1.54) is 4.88 Å². The highest BCUT2D eigenvalue weighted by atomic mass is 32.1. The molecule has 1 N–H and O–H groups in total. The van der Waals surface area contributed by atoms with Crippen molar-refractivity contribution in [2.24, 2.45) is 0 Å². The van der Waals surface area contributed by atoms with Crippen LogP contribution in [-0.2, 0) is 0 Å². The van der Waals surface area contributed by atoms with E-state index in [1.807, 2.05) is 30.8 Å². The fourth-order valence-corrected chi connectivity index (χ4v) is 2.85. The predicted molar refractivity (Wildman–Crippen MR) is 78.2 cm³/mol. The first-order chi connectivity index (χ1) is 9.17. The maximum absolute atomic E-state index is 4.57. The number of thiophene rings is 1. The number of aromatic nitrogens is 4. The van der Waals surface area contributed by atoms with Gasteiger partial charge in [-0.15, -0.1) is 11.3 Å². The summed E-state index contributed by atoms with van der Waals surface area (Å²) in [6.07, 6.45) is 1.93. The van der Waals surface area contributed by atoms with Crippen LogP contribution in [0.2, 0.25) is 0 Å². The van der Waals surface area contributed by atoms with E-state index in [2.05, 4.69) is 33.4 Å². The molecule has 3 heterocycles. The van der Waals surface area contributed by atoms with Crippen molar-refractivity contribution in [2.45, 2.75) is 20.8 Å². The lowest BCUT2D eigenvalue weighted by molar-refractivity contribution is 0.837. The number of nitrogens with one attached hydrogen (secondary N) is 1. The first kappa shape index (κ1) is 12.1. The Morgan fingerprint density at radius 3 is 2.84 bits per heavy atom. The van der Waals surface area contributed by atoms with Gasteiger partial charge < -0.3 is 5.32 Å². The zero-order chi connectivity index (χ0) is 13.4. The maximum atomic E-state index is 4.57. The molecular formula is C13H15N5S. The summed E-state index contributed by atoms with van der Waals surface area (Å²) in [4.78, 5) is 11.3. The van der Waals surface area contributed by atoms with Gasteiger partial charge in [0.05, 0.1) is 11.1 Å². The number of aryl methyl sites for hydroxylation is 2. The first-order valence-electron chi connectivity index (χ1n) is 6.22. The van der Waals surface area contributed by atoms with E-state index in [0.29, 0.717) is 5.95 Å². The van der Waals surface area contributed by atoms with Crippen LogP contribution >= 0.6 is 11.3 Å². The molecule has 3 aromatic heterocycles. The molecule has 0 fully saturated rings. The number of rotatable bonds is 3. The lowest BCUT2D eigenvalue weighted by Gasteiger charge is -2.06. The van der Waals surface area contributed by atoms with Gasteiger partial charge in [0.1, 0.15) is 4.83 Å². The molecule has 0 unspecified atom stereocenters. The Balaban J connectivity index is 2.25. The van der Waals surface area contributed by atoms with Crippen molar-refractivity contribution < 1.29 is 0 Å². The van der Waals surface area contributed by atoms with Gasteiger partial charge in [-0.25, -0.2) is 9.67 Å². The molecule has 0 saturated heterocycles. The van der Waals surface area contributed by atoms with E-state index in [1.54, 1.807) is 11.3 Å². The molecule has 0 atom stereocenters. The van der Waals surface area contributed by atoms with E-state index < -0.39 is 0 Å². The molecule has 6 heteroatoms. The molecule has 5 nitrogen and oxygen atoms in total. The Bertz CT molecular complexity index is 728. The van der Waals surface area contributed by atoms with Gasteiger partial charge >= 0.3 is 0 Å². The lowest BCUT2D eigenvalue weighted by Crippen LogP contribution is -2.06. The van der Waals surface area contributed by atoms with Gasteiger partial charge in [-0.3, -0.25) is 0 Å². The molecule has 0 aliphatic rings. The number of anilines is 1. The summed E-state index contributed by atoms with van der Waals surface area (Å²) in [5, 5.41) is 8.66. The minimum atomic E-state index is 0.653. The molecule has 0 amide bonds. The maximum Gasteiger partial charge on any atom is 0.226 e. The number of nitrogens with zero attached hydrogens (tertiary/aromatic N) is 4. The minimum Gasteiger partial charge on any atom is -0.354 e. The van der Waals surface area contributed by atoms with Crippen LogP contribution in [0.25, 0.3) is 16.0 Å². The zero-order valence-corrected chi connectivity index (χ0v) is 12.0. The summed E-state index contributed by atoms with van der Waals surface area (Å²) >= 11 is 1.68. The molecule has 0 bridgehead atoms. The van der Waals surface area contributed by atoms with Crippen LogP contribution < -0.4 is 5.32 Å². The van der Waals surface area contributed by atoms with E-state index in [4.69, 9.17) is 0 Å². The van der Waals surface area contributed by atoms with E-state index in [0.717, 1.165) is 28.3 Å².